The van der Waals surface area contributed by atoms with Gasteiger partial charge in [-0.05, 0) is 11.5 Å². The average molecular weight is 279 g/mol. The van der Waals surface area contributed by atoms with Gasteiger partial charge in [0.1, 0.15) is 5.69 Å². The van der Waals surface area contributed by atoms with Crippen molar-refractivity contribution in [3.8, 4) is 0 Å². The summed E-state index contributed by atoms with van der Waals surface area (Å²) in [6.07, 6.45) is 0.457. The largest absolute Gasteiger partial charge is 0.378 e. The molecule has 0 radical (unpaired) electrons. The molecule has 1 aromatic carbocycles. The third-order valence-corrected chi connectivity index (χ3v) is 2.55. The van der Waals surface area contributed by atoms with E-state index in [2.05, 4.69) is 10.6 Å². The maximum Gasteiger partial charge on any atom is 0.292 e. The second kappa shape index (κ2) is 6.88. The molecule has 0 fully saturated rings. The summed E-state index contributed by atoms with van der Waals surface area (Å²) in [5.41, 5.74) is 0.450. The summed E-state index contributed by atoms with van der Waals surface area (Å²) in [5, 5.41) is 16.6. The predicted molar refractivity (Wildman–Crippen MR) is 78.7 cm³/mol. The number of anilines is 1. The number of benzene rings is 1. The highest BCUT2D eigenvalue weighted by molar-refractivity contribution is 5.76. The fourth-order valence-corrected chi connectivity index (χ4v) is 1.73. The molecule has 20 heavy (non-hydrogen) atoms. The lowest BCUT2D eigenvalue weighted by atomic mass is 9.92. The van der Waals surface area contributed by atoms with E-state index in [0.29, 0.717) is 25.2 Å². The minimum absolute atomic E-state index is 0.0122. The topological polar surface area (TPSA) is 84.3 Å². The van der Waals surface area contributed by atoms with Crippen molar-refractivity contribution in [2.75, 3.05) is 18.4 Å². The second-order valence-corrected chi connectivity index (χ2v) is 5.79. The Bertz CT molecular complexity index is 481. The quantitative estimate of drug-likeness (QED) is 0.476. The molecule has 6 nitrogen and oxygen atoms in total. The maximum atomic E-state index is 11.6. The van der Waals surface area contributed by atoms with Gasteiger partial charge in [-0.3, -0.25) is 14.9 Å². The Morgan fingerprint density at radius 3 is 2.50 bits per heavy atom. The smallest absolute Gasteiger partial charge is 0.292 e. The van der Waals surface area contributed by atoms with Crippen LogP contribution in [0.3, 0.4) is 0 Å². The molecule has 0 unspecified atom stereocenters. The Morgan fingerprint density at radius 1 is 1.25 bits per heavy atom. The molecular weight excluding hydrogens is 258 g/mol. The number of hydrogen-bond acceptors (Lipinski definition) is 4. The van der Waals surface area contributed by atoms with Crippen LogP contribution in [0.15, 0.2) is 24.3 Å². The molecule has 110 valence electrons. The number of amides is 1. The number of nitro groups is 1. The van der Waals surface area contributed by atoms with Gasteiger partial charge in [0, 0.05) is 25.6 Å². The van der Waals surface area contributed by atoms with Gasteiger partial charge in [0.15, 0.2) is 0 Å². The molecule has 1 aromatic rings. The van der Waals surface area contributed by atoms with Gasteiger partial charge in [-0.2, -0.15) is 0 Å². The summed E-state index contributed by atoms with van der Waals surface area (Å²) in [4.78, 5) is 22.0. The molecule has 0 spiro atoms. The van der Waals surface area contributed by atoms with Crippen LogP contribution in [-0.4, -0.2) is 23.9 Å². The van der Waals surface area contributed by atoms with E-state index in [9.17, 15) is 14.9 Å². The number of rotatable bonds is 6. The van der Waals surface area contributed by atoms with E-state index in [1.165, 1.54) is 6.07 Å². The van der Waals surface area contributed by atoms with Crippen molar-refractivity contribution >= 4 is 17.3 Å². The van der Waals surface area contributed by atoms with Gasteiger partial charge in [-0.15, -0.1) is 0 Å². The maximum absolute atomic E-state index is 11.6. The minimum atomic E-state index is -0.430. The fourth-order valence-electron chi connectivity index (χ4n) is 1.73. The normalized spacial score (nSPS) is 10.9. The van der Waals surface area contributed by atoms with Crippen LogP contribution in [0.4, 0.5) is 11.4 Å². The molecule has 0 aliphatic heterocycles. The lowest BCUT2D eigenvalue weighted by Crippen LogP contribution is -2.31. The molecule has 0 atom stereocenters. The molecule has 0 heterocycles. The summed E-state index contributed by atoms with van der Waals surface area (Å²) < 4.78 is 0. The van der Waals surface area contributed by atoms with E-state index < -0.39 is 4.92 Å². The van der Waals surface area contributed by atoms with Gasteiger partial charge in [-0.25, -0.2) is 0 Å². The lowest BCUT2D eigenvalue weighted by molar-refractivity contribution is -0.384. The SMILES string of the molecule is CC(C)(C)CC(=O)NCCNc1ccccc1[N+](=O)[O-]. The second-order valence-electron chi connectivity index (χ2n) is 5.79. The molecule has 0 saturated carbocycles. The highest BCUT2D eigenvalue weighted by atomic mass is 16.6. The van der Waals surface area contributed by atoms with Crippen LogP contribution in [0.2, 0.25) is 0 Å². The predicted octanol–water partition coefficient (Wildman–Crippen LogP) is 2.56. The van der Waals surface area contributed by atoms with E-state index in [4.69, 9.17) is 0 Å². The van der Waals surface area contributed by atoms with E-state index in [-0.39, 0.29) is 17.0 Å². The zero-order valence-corrected chi connectivity index (χ0v) is 12.1. The molecular formula is C14H21N3O3. The zero-order valence-electron chi connectivity index (χ0n) is 12.1. The lowest BCUT2D eigenvalue weighted by Gasteiger charge is -2.17. The molecule has 1 amide bonds. The summed E-state index contributed by atoms with van der Waals surface area (Å²) in [6, 6.07) is 6.44. The van der Waals surface area contributed by atoms with Crippen LogP contribution in [0.25, 0.3) is 0 Å². The van der Waals surface area contributed by atoms with Crippen molar-refractivity contribution in [3.05, 3.63) is 34.4 Å². The molecule has 0 aromatic heterocycles. The third kappa shape index (κ3) is 5.69. The Hall–Kier alpha value is -2.11. The Kier molecular flexibility index (Phi) is 5.49. The Morgan fingerprint density at radius 2 is 1.90 bits per heavy atom. The van der Waals surface area contributed by atoms with Crippen molar-refractivity contribution in [3.63, 3.8) is 0 Å². The standard InChI is InChI=1S/C14H21N3O3/c1-14(2,3)10-13(18)16-9-8-15-11-6-4-5-7-12(11)17(19)20/h4-7,15H,8-10H2,1-3H3,(H,16,18). The van der Waals surface area contributed by atoms with Crippen molar-refractivity contribution in [1.29, 1.82) is 0 Å². The summed E-state index contributed by atoms with van der Waals surface area (Å²) in [5.74, 6) is -0.0122. The van der Waals surface area contributed by atoms with Crippen molar-refractivity contribution < 1.29 is 9.72 Å². The number of nitro benzene ring substituents is 1. The molecule has 0 bridgehead atoms. The molecule has 0 aliphatic carbocycles. The van der Waals surface area contributed by atoms with Gasteiger partial charge in [0.05, 0.1) is 4.92 Å². The summed E-state index contributed by atoms with van der Waals surface area (Å²) in [7, 11) is 0. The Balaban J connectivity index is 2.39. The van der Waals surface area contributed by atoms with Gasteiger partial charge >= 0.3 is 0 Å². The van der Waals surface area contributed by atoms with Crippen molar-refractivity contribution in [2.45, 2.75) is 27.2 Å². The van der Waals surface area contributed by atoms with Gasteiger partial charge in [0.25, 0.3) is 5.69 Å². The number of hydrogen-bond donors (Lipinski definition) is 2. The first-order valence-electron chi connectivity index (χ1n) is 6.53. The van der Waals surface area contributed by atoms with E-state index in [1.807, 2.05) is 20.8 Å². The zero-order chi connectivity index (χ0) is 15.2. The number of carbonyl (C=O) groups excluding carboxylic acids is 1. The number of nitrogens with one attached hydrogen (secondary N) is 2. The molecule has 0 aliphatic rings. The number of para-hydroxylation sites is 2. The molecule has 1 rings (SSSR count). The molecule has 0 saturated heterocycles. The molecule has 2 N–H and O–H groups in total. The van der Waals surface area contributed by atoms with Crippen LogP contribution in [0, 0.1) is 15.5 Å². The van der Waals surface area contributed by atoms with Crippen LogP contribution < -0.4 is 10.6 Å². The van der Waals surface area contributed by atoms with Crippen molar-refractivity contribution in [2.24, 2.45) is 5.41 Å². The monoisotopic (exact) mass is 279 g/mol. The first-order valence-corrected chi connectivity index (χ1v) is 6.53. The van der Waals surface area contributed by atoms with Crippen LogP contribution in [0.1, 0.15) is 27.2 Å². The van der Waals surface area contributed by atoms with Crippen LogP contribution >= 0.6 is 0 Å². The van der Waals surface area contributed by atoms with Gasteiger partial charge < -0.3 is 10.6 Å². The van der Waals surface area contributed by atoms with E-state index >= 15 is 0 Å². The highest BCUT2D eigenvalue weighted by Crippen LogP contribution is 2.22. The van der Waals surface area contributed by atoms with E-state index in [0.717, 1.165) is 0 Å². The molecule has 6 heteroatoms. The number of carbonyl (C=O) groups is 1. The van der Waals surface area contributed by atoms with Crippen LogP contribution in [-0.2, 0) is 4.79 Å². The van der Waals surface area contributed by atoms with Crippen LogP contribution in [0.5, 0.6) is 0 Å². The highest BCUT2D eigenvalue weighted by Gasteiger charge is 2.15. The van der Waals surface area contributed by atoms with E-state index in [1.54, 1.807) is 18.2 Å². The first kappa shape index (κ1) is 15.9. The average Bonchev–Trinajstić information content (AvgIpc) is 2.33. The Labute approximate surface area is 118 Å². The van der Waals surface area contributed by atoms with Gasteiger partial charge in [0.2, 0.25) is 5.91 Å². The minimum Gasteiger partial charge on any atom is -0.378 e. The van der Waals surface area contributed by atoms with Gasteiger partial charge in [-0.1, -0.05) is 32.9 Å². The van der Waals surface area contributed by atoms with Crippen molar-refractivity contribution in [1.82, 2.24) is 5.32 Å². The third-order valence-electron chi connectivity index (χ3n) is 2.55. The number of nitrogens with zero attached hydrogens (tertiary/aromatic N) is 1. The summed E-state index contributed by atoms with van der Waals surface area (Å²) in [6.45, 7) is 6.87. The first-order chi connectivity index (χ1) is 9.29. The summed E-state index contributed by atoms with van der Waals surface area (Å²) >= 11 is 0. The fraction of sp³-hybridized carbons (Fsp3) is 0.500.